The van der Waals surface area contributed by atoms with Crippen LogP contribution in [0.4, 0.5) is 0 Å². The average Bonchev–Trinajstić information content (AvgIpc) is 2.83. The number of nitrogens with zero attached hydrogens (tertiary/aromatic N) is 2. The maximum absolute atomic E-state index is 12.7. The van der Waals surface area contributed by atoms with E-state index in [9.17, 15) is 8.42 Å². The number of rotatable bonds is 2. The minimum absolute atomic E-state index is 0.380. The number of hydrogen-bond donors (Lipinski definition) is 1. The third-order valence-electron chi connectivity index (χ3n) is 4.84. The standard InChI is InChI=1S/C13H25N3O2S/c1-11-4-3-7-15(8-11)19(17,18)16-9-12-5-2-6-14-13(12)10-16/h11-14H,2-10H2,1H3/t11?,12-,13+/m0/s1. The van der Waals surface area contributed by atoms with Crippen molar-refractivity contribution in [3.8, 4) is 0 Å². The second-order valence-corrected chi connectivity index (χ2v) is 8.32. The Labute approximate surface area is 116 Å². The smallest absolute Gasteiger partial charge is 0.282 e. The van der Waals surface area contributed by atoms with E-state index in [1.807, 2.05) is 0 Å². The first kappa shape index (κ1) is 13.8. The van der Waals surface area contributed by atoms with E-state index in [2.05, 4.69) is 12.2 Å². The van der Waals surface area contributed by atoms with Crippen LogP contribution in [-0.2, 0) is 10.2 Å². The molecular formula is C13H25N3O2S. The Bertz CT molecular complexity index is 412. The van der Waals surface area contributed by atoms with E-state index in [0.717, 1.165) is 19.4 Å². The van der Waals surface area contributed by atoms with Crippen molar-refractivity contribution in [2.24, 2.45) is 11.8 Å². The first-order valence-electron chi connectivity index (χ1n) is 7.56. The molecule has 3 rings (SSSR count). The van der Waals surface area contributed by atoms with E-state index in [1.54, 1.807) is 8.61 Å². The highest BCUT2D eigenvalue weighted by atomic mass is 32.2. The molecule has 0 aromatic rings. The van der Waals surface area contributed by atoms with Gasteiger partial charge < -0.3 is 5.32 Å². The number of piperidine rings is 2. The molecule has 3 saturated heterocycles. The minimum atomic E-state index is -3.23. The summed E-state index contributed by atoms with van der Waals surface area (Å²) in [5.41, 5.74) is 0. The van der Waals surface area contributed by atoms with Crippen molar-refractivity contribution in [1.29, 1.82) is 0 Å². The summed E-state index contributed by atoms with van der Waals surface area (Å²) in [7, 11) is -3.23. The Kier molecular flexibility index (Phi) is 3.86. The largest absolute Gasteiger partial charge is 0.312 e. The van der Waals surface area contributed by atoms with Crippen molar-refractivity contribution in [1.82, 2.24) is 13.9 Å². The molecule has 3 aliphatic rings. The predicted octanol–water partition coefficient (Wildman–Crippen LogP) is 0.647. The van der Waals surface area contributed by atoms with Crippen LogP contribution >= 0.6 is 0 Å². The number of hydrogen-bond acceptors (Lipinski definition) is 3. The Balaban J connectivity index is 1.70. The van der Waals surface area contributed by atoms with Gasteiger partial charge >= 0.3 is 0 Å². The SMILES string of the molecule is CC1CCCN(S(=O)(=O)N2C[C@@H]3CCCN[C@@H]3C2)C1. The van der Waals surface area contributed by atoms with Crippen molar-refractivity contribution >= 4 is 10.2 Å². The second-order valence-electron chi connectivity index (χ2n) is 6.39. The molecule has 5 nitrogen and oxygen atoms in total. The fraction of sp³-hybridized carbons (Fsp3) is 1.00. The monoisotopic (exact) mass is 287 g/mol. The van der Waals surface area contributed by atoms with E-state index < -0.39 is 10.2 Å². The van der Waals surface area contributed by atoms with Crippen molar-refractivity contribution in [2.45, 2.75) is 38.6 Å². The van der Waals surface area contributed by atoms with Gasteiger partial charge in [-0.25, -0.2) is 0 Å². The highest BCUT2D eigenvalue weighted by molar-refractivity contribution is 7.86. The molecule has 1 unspecified atom stereocenters. The molecule has 6 heteroatoms. The molecule has 0 saturated carbocycles. The van der Waals surface area contributed by atoms with Gasteiger partial charge in [-0.1, -0.05) is 6.92 Å². The first-order valence-corrected chi connectivity index (χ1v) is 8.95. The van der Waals surface area contributed by atoms with E-state index in [0.29, 0.717) is 44.1 Å². The van der Waals surface area contributed by atoms with Gasteiger partial charge in [0.1, 0.15) is 0 Å². The van der Waals surface area contributed by atoms with E-state index in [1.165, 1.54) is 12.8 Å². The number of nitrogens with one attached hydrogen (secondary N) is 1. The molecule has 110 valence electrons. The van der Waals surface area contributed by atoms with Crippen LogP contribution in [0.15, 0.2) is 0 Å². The molecule has 3 aliphatic heterocycles. The highest BCUT2D eigenvalue weighted by Crippen LogP contribution is 2.29. The zero-order valence-electron chi connectivity index (χ0n) is 11.7. The molecule has 1 N–H and O–H groups in total. The van der Waals surface area contributed by atoms with Gasteiger partial charge in [0.05, 0.1) is 0 Å². The topological polar surface area (TPSA) is 52.7 Å². The zero-order chi connectivity index (χ0) is 13.5. The second kappa shape index (κ2) is 5.31. The van der Waals surface area contributed by atoms with Crippen molar-refractivity contribution in [3.05, 3.63) is 0 Å². The highest BCUT2D eigenvalue weighted by Gasteiger charge is 2.42. The van der Waals surface area contributed by atoms with Gasteiger partial charge in [0, 0.05) is 32.2 Å². The lowest BCUT2D eigenvalue weighted by Crippen LogP contribution is -2.47. The van der Waals surface area contributed by atoms with Crippen molar-refractivity contribution < 1.29 is 8.42 Å². The van der Waals surface area contributed by atoms with E-state index in [4.69, 9.17) is 0 Å². The fourth-order valence-corrected chi connectivity index (χ4v) is 5.57. The lowest BCUT2D eigenvalue weighted by molar-refractivity contribution is 0.262. The van der Waals surface area contributed by atoms with Gasteiger partial charge in [-0.2, -0.15) is 17.0 Å². The Hall–Kier alpha value is -0.170. The number of fused-ring (bicyclic) bond motifs is 1. The molecule has 0 amide bonds. The summed E-state index contributed by atoms with van der Waals surface area (Å²) < 4.78 is 28.8. The molecule has 0 aromatic carbocycles. The molecule has 3 fully saturated rings. The average molecular weight is 287 g/mol. The molecule has 0 radical (unpaired) electrons. The van der Waals surface area contributed by atoms with Crippen molar-refractivity contribution in [3.63, 3.8) is 0 Å². The molecule has 0 spiro atoms. The third kappa shape index (κ3) is 2.68. The van der Waals surface area contributed by atoms with Gasteiger partial charge in [0.25, 0.3) is 10.2 Å². The van der Waals surface area contributed by atoms with Crippen LogP contribution in [0.2, 0.25) is 0 Å². The van der Waals surface area contributed by atoms with Gasteiger partial charge in [0.15, 0.2) is 0 Å². The van der Waals surface area contributed by atoms with Crippen LogP contribution < -0.4 is 5.32 Å². The Morgan fingerprint density at radius 1 is 1.05 bits per heavy atom. The molecule has 3 atom stereocenters. The maximum atomic E-state index is 12.7. The van der Waals surface area contributed by atoms with Crippen molar-refractivity contribution in [2.75, 3.05) is 32.7 Å². The van der Waals surface area contributed by atoms with E-state index in [-0.39, 0.29) is 0 Å². The summed E-state index contributed by atoms with van der Waals surface area (Å²) in [6, 6.07) is 0.380. The van der Waals surface area contributed by atoms with Gasteiger partial charge in [0.2, 0.25) is 0 Å². The summed E-state index contributed by atoms with van der Waals surface area (Å²) in [6.45, 7) is 5.96. The normalized spacial score (nSPS) is 38.3. The summed E-state index contributed by atoms with van der Waals surface area (Å²) in [4.78, 5) is 0. The fourth-order valence-electron chi connectivity index (χ4n) is 3.71. The van der Waals surface area contributed by atoms with Crippen LogP contribution in [0.3, 0.4) is 0 Å². The molecular weight excluding hydrogens is 262 g/mol. The molecule has 0 aromatic heterocycles. The minimum Gasteiger partial charge on any atom is -0.312 e. The van der Waals surface area contributed by atoms with E-state index >= 15 is 0 Å². The quantitative estimate of drug-likeness (QED) is 0.811. The van der Waals surface area contributed by atoms with Crippen LogP contribution in [0.5, 0.6) is 0 Å². The lowest BCUT2D eigenvalue weighted by atomic mass is 9.94. The van der Waals surface area contributed by atoms with Gasteiger partial charge in [-0.05, 0) is 44.1 Å². The maximum Gasteiger partial charge on any atom is 0.282 e. The molecule has 0 bridgehead atoms. The Morgan fingerprint density at radius 2 is 1.89 bits per heavy atom. The van der Waals surface area contributed by atoms with Gasteiger partial charge in [-0.3, -0.25) is 0 Å². The molecule has 19 heavy (non-hydrogen) atoms. The first-order chi connectivity index (χ1) is 9.07. The van der Waals surface area contributed by atoms with Crippen LogP contribution in [0.1, 0.15) is 32.6 Å². The Morgan fingerprint density at radius 3 is 2.63 bits per heavy atom. The summed E-state index contributed by atoms with van der Waals surface area (Å²) >= 11 is 0. The predicted molar refractivity (Wildman–Crippen MR) is 75.0 cm³/mol. The van der Waals surface area contributed by atoms with Gasteiger partial charge in [-0.15, -0.1) is 0 Å². The lowest BCUT2D eigenvalue weighted by Gasteiger charge is -2.33. The van der Waals surface area contributed by atoms with Crippen LogP contribution in [0.25, 0.3) is 0 Å². The summed E-state index contributed by atoms with van der Waals surface area (Å²) in [6.07, 6.45) is 4.49. The van der Waals surface area contributed by atoms with Crippen LogP contribution in [-0.4, -0.2) is 55.8 Å². The summed E-state index contributed by atoms with van der Waals surface area (Å²) in [5, 5.41) is 3.47. The van der Waals surface area contributed by atoms with Crippen LogP contribution in [0, 0.1) is 11.8 Å². The summed E-state index contributed by atoms with van der Waals surface area (Å²) in [5.74, 6) is 1.01. The third-order valence-corrected chi connectivity index (χ3v) is 6.77. The molecule has 3 heterocycles. The molecule has 0 aliphatic carbocycles. The zero-order valence-corrected chi connectivity index (χ0v) is 12.5.